The van der Waals surface area contributed by atoms with Crippen LogP contribution in [0.15, 0.2) is 24.3 Å². The molecule has 3 rings (SSSR count). The molecule has 1 aliphatic rings. The number of nitrogens with zero attached hydrogens (tertiary/aromatic N) is 2. The van der Waals surface area contributed by atoms with E-state index in [1.807, 2.05) is 29.2 Å². The van der Waals surface area contributed by atoms with Gasteiger partial charge in [-0.2, -0.15) is 0 Å². The molecule has 0 amide bonds. The standard InChI is InChI=1S/C13H14N2O3S/c1-18-8-6-10(12(16)17)15(7-8)13-14-9-4-2-3-5-11(9)19-13/h2-5,8,10H,6-7H2,1H3,(H,16,17). The number of fused-ring (bicyclic) bond motifs is 1. The second kappa shape index (κ2) is 4.79. The fourth-order valence-electron chi connectivity index (χ4n) is 2.40. The number of carboxylic acids is 1. The molecule has 1 aromatic heterocycles. The number of para-hydroxylation sites is 1. The van der Waals surface area contributed by atoms with E-state index in [0.29, 0.717) is 13.0 Å². The van der Waals surface area contributed by atoms with E-state index in [4.69, 9.17) is 4.74 Å². The van der Waals surface area contributed by atoms with Gasteiger partial charge in [-0.15, -0.1) is 0 Å². The van der Waals surface area contributed by atoms with Crippen LogP contribution in [0.4, 0.5) is 5.13 Å². The van der Waals surface area contributed by atoms with Gasteiger partial charge in [0.05, 0.1) is 16.3 Å². The molecule has 0 bridgehead atoms. The quantitative estimate of drug-likeness (QED) is 0.930. The van der Waals surface area contributed by atoms with Crippen molar-refractivity contribution in [1.82, 2.24) is 4.98 Å². The summed E-state index contributed by atoms with van der Waals surface area (Å²) in [4.78, 5) is 17.7. The van der Waals surface area contributed by atoms with Crippen molar-refractivity contribution in [1.29, 1.82) is 0 Å². The van der Waals surface area contributed by atoms with Gasteiger partial charge in [0.15, 0.2) is 5.13 Å². The summed E-state index contributed by atoms with van der Waals surface area (Å²) in [7, 11) is 1.62. The second-order valence-electron chi connectivity index (χ2n) is 4.56. The van der Waals surface area contributed by atoms with Crippen LogP contribution in [0.25, 0.3) is 10.2 Å². The lowest BCUT2D eigenvalue weighted by molar-refractivity contribution is -0.138. The van der Waals surface area contributed by atoms with Gasteiger partial charge < -0.3 is 14.7 Å². The number of hydrogen-bond acceptors (Lipinski definition) is 5. The Hall–Kier alpha value is -1.66. The number of hydrogen-bond donors (Lipinski definition) is 1. The van der Waals surface area contributed by atoms with Gasteiger partial charge in [-0.3, -0.25) is 0 Å². The summed E-state index contributed by atoms with van der Waals surface area (Å²) in [6.45, 7) is 0.577. The largest absolute Gasteiger partial charge is 0.480 e. The topological polar surface area (TPSA) is 62.7 Å². The Kier molecular flexibility index (Phi) is 3.12. The van der Waals surface area contributed by atoms with Gasteiger partial charge in [0.1, 0.15) is 6.04 Å². The highest BCUT2D eigenvalue weighted by atomic mass is 32.1. The van der Waals surface area contributed by atoms with Crippen molar-refractivity contribution in [3.8, 4) is 0 Å². The van der Waals surface area contributed by atoms with Crippen molar-refractivity contribution in [2.24, 2.45) is 0 Å². The minimum Gasteiger partial charge on any atom is -0.480 e. The third kappa shape index (κ3) is 2.17. The smallest absolute Gasteiger partial charge is 0.326 e. The zero-order valence-electron chi connectivity index (χ0n) is 10.4. The molecule has 19 heavy (non-hydrogen) atoms. The monoisotopic (exact) mass is 278 g/mol. The van der Waals surface area contributed by atoms with E-state index in [9.17, 15) is 9.90 Å². The fraction of sp³-hybridized carbons (Fsp3) is 0.385. The van der Waals surface area contributed by atoms with Gasteiger partial charge >= 0.3 is 5.97 Å². The summed E-state index contributed by atoms with van der Waals surface area (Å²) in [6, 6.07) is 7.28. The van der Waals surface area contributed by atoms with Crippen LogP contribution in [-0.4, -0.2) is 41.9 Å². The highest BCUT2D eigenvalue weighted by Gasteiger charge is 2.38. The van der Waals surface area contributed by atoms with Gasteiger partial charge in [-0.25, -0.2) is 9.78 Å². The number of carboxylic acid groups (broad SMARTS) is 1. The van der Waals surface area contributed by atoms with E-state index in [0.717, 1.165) is 15.3 Å². The number of thiazole rings is 1. The summed E-state index contributed by atoms with van der Waals surface area (Å²) in [5, 5.41) is 10.1. The van der Waals surface area contributed by atoms with Crippen LogP contribution in [0.1, 0.15) is 6.42 Å². The number of rotatable bonds is 3. The number of carbonyl (C=O) groups is 1. The number of aliphatic carboxylic acids is 1. The van der Waals surface area contributed by atoms with Gasteiger partial charge in [0.25, 0.3) is 0 Å². The third-order valence-corrected chi connectivity index (χ3v) is 4.48. The lowest BCUT2D eigenvalue weighted by atomic mass is 10.2. The molecule has 5 nitrogen and oxygen atoms in total. The van der Waals surface area contributed by atoms with Gasteiger partial charge in [0, 0.05) is 20.1 Å². The van der Waals surface area contributed by atoms with Crippen molar-refractivity contribution >= 4 is 32.7 Å². The van der Waals surface area contributed by atoms with E-state index in [-0.39, 0.29) is 6.10 Å². The SMILES string of the molecule is COC1CC(C(=O)O)N(c2nc3ccccc3s2)C1. The van der Waals surface area contributed by atoms with E-state index in [1.165, 1.54) is 11.3 Å². The maximum absolute atomic E-state index is 11.3. The molecule has 0 aliphatic carbocycles. The first kappa shape index (κ1) is 12.4. The number of methoxy groups -OCH3 is 1. The van der Waals surface area contributed by atoms with Gasteiger partial charge in [0.2, 0.25) is 0 Å². The highest BCUT2D eigenvalue weighted by Crippen LogP contribution is 2.33. The first-order valence-electron chi connectivity index (χ1n) is 6.07. The van der Waals surface area contributed by atoms with E-state index in [2.05, 4.69) is 4.98 Å². The van der Waals surface area contributed by atoms with Crippen LogP contribution in [-0.2, 0) is 9.53 Å². The first-order valence-corrected chi connectivity index (χ1v) is 6.88. The third-order valence-electron chi connectivity index (χ3n) is 3.41. The molecule has 0 spiro atoms. The summed E-state index contributed by atoms with van der Waals surface area (Å²) in [5.41, 5.74) is 0.910. The van der Waals surface area contributed by atoms with Crippen LogP contribution in [0.5, 0.6) is 0 Å². The predicted molar refractivity (Wildman–Crippen MR) is 73.8 cm³/mol. The zero-order chi connectivity index (χ0) is 13.4. The van der Waals surface area contributed by atoms with Crippen molar-refractivity contribution in [2.45, 2.75) is 18.6 Å². The molecule has 1 saturated heterocycles. The molecule has 6 heteroatoms. The molecule has 100 valence electrons. The second-order valence-corrected chi connectivity index (χ2v) is 5.57. The number of anilines is 1. The van der Waals surface area contributed by atoms with Crippen molar-refractivity contribution < 1.29 is 14.6 Å². The molecule has 0 radical (unpaired) electrons. The van der Waals surface area contributed by atoms with Crippen LogP contribution < -0.4 is 4.90 Å². The first-order chi connectivity index (χ1) is 9.19. The molecule has 2 atom stereocenters. The maximum Gasteiger partial charge on any atom is 0.326 e. The molecule has 1 aromatic carbocycles. The van der Waals surface area contributed by atoms with E-state index < -0.39 is 12.0 Å². The average Bonchev–Trinajstić information content (AvgIpc) is 3.02. The number of benzene rings is 1. The van der Waals surface area contributed by atoms with Crippen molar-refractivity contribution in [3.63, 3.8) is 0 Å². The molecule has 2 heterocycles. The summed E-state index contributed by atoms with van der Waals surface area (Å²) in [6.07, 6.45) is 0.454. The maximum atomic E-state index is 11.3. The van der Waals surface area contributed by atoms with Crippen molar-refractivity contribution in [3.05, 3.63) is 24.3 Å². The van der Waals surface area contributed by atoms with Crippen LogP contribution >= 0.6 is 11.3 Å². The van der Waals surface area contributed by atoms with Crippen molar-refractivity contribution in [2.75, 3.05) is 18.6 Å². The summed E-state index contributed by atoms with van der Waals surface area (Å²) >= 11 is 1.52. The van der Waals surface area contributed by atoms with Gasteiger partial charge in [-0.05, 0) is 12.1 Å². The Morgan fingerprint density at radius 1 is 1.53 bits per heavy atom. The normalized spacial score (nSPS) is 23.1. The van der Waals surface area contributed by atoms with Crippen LogP contribution in [0.3, 0.4) is 0 Å². The minimum atomic E-state index is -0.821. The minimum absolute atomic E-state index is 0.0480. The summed E-state index contributed by atoms with van der Waals surface area (Å²) < 4.78 is 6.36. The molecule has 2 aromatic rings. The molecular formula is C13H14N2O3S. The molecule has 0 saturated carbocycles. The predicted octanol–water partition coefficient (Wildman–Crippen LogP) is 1.97. The number of aromatic nitrogens is 1. The zero-order valence-corrected chi connectivity index (χ0v) is 11.3. The Morgan fingerprint density at radius 3 is 3.00 bits per heavy atom. The molecule has 1 aliphatic heterocycles. The van der Waals surface area contributed by atoms with E-state index >= 15 is 0 Å². The van der Waals surface area contributed by atoms with Gasteiger partial charge in [-0.1, -0.05) is 23.5 Å². The van der Waals surface area contributed by atoms with Crippen LogP contribution in [0, 0.1) is 0 Å². The molecule has 1 N–H and O–H groups in total. The summed E-state index contributed by atoms with van der Waals surface area (Å²) in [5.74, 6) is -0.821. The highest BCUT2D eigenvalue weighted by molar-refractivity contribution is 7.22. The van der Waals surface area contributed by atoms with E-state index in [1.54, 1.807) is 7.11 Å². The molecule has 2 unspecified atom stereocenters. The molecule has 1 fully saturated rings. The fourth-order valence-corrected chi connectivity index (χ4v) is 3.42. The van der Waals surface area contributed by atoms with Crippen LogP contribution in [0.2, 0.25) is 0 Å². The average molecular weight is 278 g/mol. The number of ether oxygens (including phenoxy) is 1. The Morgan fingerprint density at radius 2 is 2.32 bits per heavy atom. The Bertz CT molecular complexity index is 580. The lowest BCUT2D eigenvalue weighted by Crippen LogP contribution is -2.35. The Labute approximate surface area is 114 Å². The lowest BCUT2D eigenvalue weighted by Gasteiger charge is -2.19. The Balaban J connectivity index is 1.97. The molecular weight excluding hydrogens is 264 g/mol.